The number of hydrogen-bond donors (Lipinski definition) is 1. The summed E-state index contributed by atoms with van der Waals surface area (Å²) in [6.07, 6.45) is 1.79. The minimum Gasteiger partial charge on any atom is -0.352 e. The molecule has 2 aromatic carbocycles. The zero-order chi connectivity index (χ0) is 17.2. The highest BCUT2D eigenvalue weighted by molar-refractivity contribution is 7.91. The average Bonchev–Trinajstić information content (AvgIpc) is 2.55. The van der Waals surface area contributed by atoms with Crippen molar-refractivity contribution < 1.29 is 13.2 Å². The number of amides is 1. The van der Waals surface area contributed by atoms with Crippen LogP contribution in [0.5, 0.6) is 0 Å². The Morgan fingerprint density at radius 2 is 1.79 bits per heavy atom. The highest BCUT2D eigenvalue weighted by Crippen LogP contribution is 2.25. The molecule has 0 unspecified atom stereocenters. The first-order valence-electron chi connectivity index (χ1n) is 8.11. The molecule has 0 aliphatic carbocycles. The number of aryl methyl sites for hydroxylation is 2. The lowest BCUT2D eigenvalue weighted by Crippen LogP contribution is -2.25. The molecule has 0 radical (unpaired) electrons. The fraction of sp³-hybridized carbons (Fsp3) is 0.316. The molecular weight excluding hydrogens is 322 g/mol. The number of benzene rings is 2. The summed E-state index contributed by atoms with van der Waals surface area (Å²) in [5, 5.41) is 2.90. The zero-order valence-electron chi connectivity index (χ0n) is 13.7. The first-order valence-corrected chi connectivity index (χ1v) is 9.76. The van der Waals surface area contributed by atoms with E-state index in [0.717, 1.165) is 23.1 Å². The van der Waals surface area contributed by atoms with E-state index < -0.39 is 9.84 Å². The standard InChI is InChI=1S/C19H21NO3S/c1-14-4-6-15(7-5-14)12-19(21)20-13-16-8-9-18-17(11-16)3-2-10-24(18,22)23/h4-9,11H,2-3,10,12-13H2,1H3,(H,20,21). The lowest BCUT2D eigenvalue weighted by atomic mass is 10.1. The van der Waals surface area contributed by atoms with Crippen LogP contribution in [0.1, 0.15) is 28.7 Å². The number of rotatable bonds is 4. The molecule has 126 valence electrons. The predicted molar refractivity (Wildman–Crippen MR) is 93.5 cm³/mol. The van der Waals surface area contributed by atoms with Crippen molar-refractivity contribution in [3.63, 3.8) is 0 Å². The van der Waals surface area contributed by atoms with E-state index in [-0.39, 0.29) is 11.7 Å². The van der Waals surface area contributed by atoms with Gasteiger partial charge >= 0.3 is 0 Å². The van der Waals surface area contributed by atoms with Gasteiger partial charge in [0.2, 0.25) is 5.91 Å². The summed E-state index contributed by atoms with van der Waals surface area (Å²) in [7, 11) is -3.12. The minimum atomic E-state index is -3.12. The lowest BCUT2D eigenvalue weighted by Gasteiger charge is -2.17. The Balaban J connectivity index is 1.62. The van der Waals surface area contributed by atoms with Gasteiger partial charge in [0, 0.05) is 6.54 Å². The van der Waals surface area contributed by atoms with E-state index in [1.54, 1.807) is 12.1 Å². The van der Waals surface area contributed by atoms with Gasteiger partial charge in [0.25, 0.3) is 0 Å². The van der Waals surface area contributed by atoms with Crippen LogP contribution in [0.3, 0.4) is 0 Å². The number of fused-ring (bicyclic) bond motifs is 1. The van der Waals surface area contributed by atoms with Crippen LogP contribution in [0.15, 0.2) is 47.4 Å². The monoisotopic (exact) mass is 343 g/mol. The molecule has 0 spiro atoms. The van der Waals surface area contributed by atoms with Crippen molar-refractivity contribution in [2.75, 3.05) is 5.75 Å². The largest absolute Gasteiger partial charge is 0.352 e. The van der Waals surface area contributed by atoms with Crippen LogP contribution in [0, 0.1) is 6.92 Å². The Hall–Kier alpha value is -2.14. The van der Waals surface area contributed by atoms with Crippen LogP contribution in [-0.4, -0.2) is 20.1 Å². The van der Waals surface area contributed by atoms with E-state index in [1.807, 2.05) is 37.3 Å². The van der Waals surface area contributed by atoms with Crippen molar-refractivity contribution in [1.29, 1.82) is 0 Å². The second kappa shape index (κ2) is 6.77. The number of carbonyl (C=O) groups is 1. The minimum absolute atomic E-state index is 0.0378. The van der Waals surface area contributed by atoms with Crippen LogP contribution in [0.2, 0.25) is 0 Å². The molecular formula is C19H21NO3S. The van der Waals surface area contributed by atoms with Crippen LogP contribution < -0.4 is 5.32 Å². The molecule has 24 heavy (non-hydrogen) atoms. The fourth-order valence-electron chi connectivity index (χ4n) is 2.96. The third kappa shape index (κ3) is 3.85. The fourth-order valence-corrected chi connectivity index (χ4v) is 4.54. The molecule has 5 heteroatoms. The van der Waals surface area contributed by atoms with Crippen LogP contribution >= 0.6 is 0 Å². The molecule has 0 fully saturated rings. The Kier molecular flexibility index (Phi) is 4.71. The summed E-state index contributed by atoms with van der Waals surface area (Å²) in [5.41, 5.74) is 3.95. The Bertz CT molecular complexity index is 855. The molecule has 0 saturated heterocycles. The molecule has 1 amide bonds. The van der Waals surface area contributed by atoms with Crippen molar-refractivity contribution in [1.82, 2.24) is 5.32 Å². The molecule has 1 N–H and O–H groups in total. The average molecular weight is 343 g/mol. The topological polar surface area (TPSA) is 63.2 Å². The quantitative estimate of drug-likeness (QED) is 0.928. The zero-order valence-corrected chi connectivity index (χ0v) is 14.5. The maximum atomic E-state index is 12.1. The summed E-state index contributed by atoms with van der Waals surface area (Å²) < 4.78 is 24.0. The summed E-state index contributed by atoms with van der Waals surface area (Å²) >= 11 is 0. The van der Waals surface area contributed by atoms with Crippen molar-refractivity contribution in [2.45, 2.75) is 37.6 Å². The van der Waals surface area contributed by atoms with Gasteiger partial charge in [0.05, 0.1) is 17.1 Å². The third-order valence-corrected chi connectivity index (χ3v) is 6.19. The highest BCUT2D eigenvalue weighted by atomic mass is 32.2. The van der Waals surface area contributed by atoms with Gasteiger partial charge < -0.3 is 5.32 Å². The van der Waals surface area contributed by atoms with Crippen LogP contribution in [0.4, 0.5) is 0 Å². The molecule has 3 rings (SSSR count). The second-order valence-electron chi connectivity index (χ2n) is 6.30. The smallest absolute Gasteiger partial charge is 0.224 e. The molecule has 0 saturated carbocycles. The first-order chi connectivity index (χ1) is 11.4. The molecule has 0 atom stereocenters. The maximum Gasteiger partial charge on any atom is 0.224 e. The van der Waals surface area contributed by atoms with Crippen molar-refractivity contribution in [3.8, 4) is 0 Å². The van der Waals surface area contributed by atoms with E-state index in [0.29, 0.717) is 24.3 Å². The van der Waals surface area contributed by atoms with Gasteiger partial charge in [0.15, 0.2) is 9.84 Å². The SMILES string of the molecule is Cc1ccc(CC(=O)NCc2ccc3c(c2)CCCS3(=O)=O)cc1. The van der Waals surface area contributed by atoms with Gasteiger partial charge in [-0.25, -0.2) is 8.42 Å². The molecule has 1 aliphatic heterocycles. The molecule has 2 aromatic rings. The van der Waals surface area contributed by atoms with Gasteiger partial charge in [0.1, 0.15) is 0 Å². The number of carbonyl (C=O) groups excluding carboxylic acids is 1. The summed E-state index contributed by atoms with van der Waals surface area (Å²) in [4.78, 5) is 12.5. The Morgan fingerprint density at radius 1 is 1.08 bits per heavy atom. The third-order valence-electron chi connectivity index (χ3n) is 4.29. The normalized spacial score (nSPS) is 15.5. The first kappa shape index (κ1) is 16.7. The van der Waals surface area contributed by atoms with Crippen molar-refractivity contribution in [2.24, 2.45) is 0 Å². The van der Waals surface area contributed by atoms with Crippen LogP contribution in [0.25, 0.3) is 0 Å². The maximum absolute atomic E-state index is 12.1. The van der Waals surface area contributed by atoms with E-state index >= 15 is 0 Å². The predicted octanol–water partition coefficient (Wildman–Crippen LogP) is 2.57. The van der Waals surface area contributed by atoms with Crippen molar-refractivity contribution >= 4 is 15.7 Å². The number of hydrogen-bond acceptors (Lipinski definition) is 3. The summed E-state index contributed by atoms with van der Waals surface area (Å²) in [6, 6.07) is 13.3. The van der Waals surface area contributed by atoms with Gasteiger partial charge in [-0.15, -0.1) is 0 Å². The van der Waals surface area contributed by atoms with E-state index in [1.165, 1.54) is 5.56 Å². The highest BCUT2D eigenvalue weighted by Gasteiger charge is 2.23. The Morgan fingerprint density at radius 3 is 2.54 bits per heavy atom. The van der Waals surface area contributed by atoms with E-state index in [9.17, 15) is 13.2 Å². The molecule has 0 bridgehead atoms. The van der Waals surface area contributed by atoms with E-state index in [4.69, 9.17) is 0 Å². The number of sulfone groups is 1. The molecule has 1 aliphatic rings. The van der Waals surface area contributed by atoms with Gasteiger partial charge in [-0.1, -0.05) is 42.0 Å². The van der Waals surface area contributed by atoms with Crippen molar-refractivity contribution in [3.05, 3.63) is 64.7 Å². The van der Waals surface area contributed by atoms with Gasteiger partial charge in [-0.2, -0.15) is 0 Å². The number of nitrogens with one attached hydrogen (secondary N) is 1. The molecule has 4 nitrogen and oxygen atoms in total. The molecule has 0 aromatic heterocycles. The molecule has 1 heterocycles. The summed E-state index contributed by atoms with van der Waals surface area (Å²) in [5.74, 6) is 0.191. The lowest BCUT2D eigenvalue weighted by molar-refractivity contribution is -0.120. The van der Waals surface area contributed by atoms with E-state index in [2.05, 4.69) is 5.32 Å². The Labute approximate surface area is 142 Å². The van der Waals surface area contributed by atoms with Gasteiger partial charge in [-0.3, -0.25) is 4.79 Å². The van der Waals surface area contributed by atoms with Crippen LogP contribution in [-0.2, 0) is 34.0 Å². The van der Waals surface area contributed by atoms with Gasteiger partial charge in [-0.05, 0) is 42.5 Å². The second-order valence-corrected chi connectivity index (χ2v) is 8.38. The summed E-state index contributed by atoms with van der Waals surface area (Å²) in [6.45, 7) is 2.43.